The number of unbranched alkanes of at least 4 members (excludes halogenated alkanes) is 3. The molecule has 0 atom stereocenters. The van der Waals surface area contributed by atoms with Crippen molar-refractivity contribution in [1.82, 2.24) is 10.3 Å². The quantitative estimate of drug-likeness (QED) is 0.536. The fourth-order valence-corrected chi connectivity index (χ4v) is 2.96. The van der Waals surface area contributed by atoms with Gasteiger partial charge in [-0.25, -0.2) is 4.98 Å². The monoisotopic (exact) mass is 345 g/mol. The summed E-state index contributed by atoms with van der Waals surface area (Å²) in [6.45, 7) is 2.77. The number of amides is 2. The topological polar surface area (TPSA) is 71.1 Å². The molecule has 6 heteroatoms. The molecule has 0 aliphatic heterocycles. The molecular weight excluding hydrogens is 322 g/mol. The minimum Gasteiger partial charge on any atom is -0.356 e. The number of rotatable bonds is 9. The number of nitrogens with zero attached hydrogens (tertiary/aromatic N) is 1. The molecule has 0 unspecified atom stereocenters. The molecule has 0 radical (unpaired) electrons. The Balaban J connectivity index is 1.74. The van der Waals surface area contributed by atoms with Gasteiger partial charge in [-0.05, 0) is 6.42 Å². The van der Waals surface area contributed by atoms with Crippen LogP contribution in [0.15, 0.2) is 35.7 Å². The first-order chi connectivity index (χ1) is 11.7. The summed E-state index contributed by atoms with van der Waals surface area (Å²) in [6.07, 6.45) is 4.21. The lowest BCUT2D eigenvalue weighted by Gasteiger charge is -2.04. The maximum atomic E-state index is 11.9. The standard InChI is InChI=1S/C18H23N3O2S/c1-2-3-4-8-11-19-16(22)12-17(23)21-18-20-15(13-24-18)14-9-6-5-7-10-14/h5-7,9-10,13H,2-4,8,11-12H2,1H3,(H,19,22)(H,20,21,23). The van der Waals surface area contributed by atoms with Crippen LogP contribution in [0.1, 0.15) is 39.0 Å². The molecule has 2 rings (SSSR count). The predicted molar refractivity (Wildman–Crippen MR) is 97.9 cm³/mol. The Morgan fingerprint density at radius 3 is 2.62 bits per heavy atom. The van der Waals surface area contributed by atoms with Crippen molar-refractivity contribution in [3.8, 4) is 11.3 Å². The molecule has 5 nitrogen and oxygen atoms in total. The Bertz CT molecular complexity index is 655. The lowest BCUT2D eigenvalue weighted by molar-refractivity contribution is -0.126. The van der Waals surface area contributed by atoms with Crippen LogP contribution in [0.4, 0.5) is 5.13 Å². The first-order valence-electron chi connectivity index (χ1n) is 8.26. The van der Waals surface area contributed by atoms with Crippen LogP contribution in [0.25, 0.3) is 11.3 Å². The fourth-order valence-electron chi connectivity index (χ4n) is 2.22. The molecule has 0 fully saturated rings. The summed E-state index contributed by atoms with van der Waals surface area (Å²) < 4.78 is 0. The van der Waals surface area contributed by atoms with Crippen LogP contribution in [0.5, 0.6) is 0 Å². The van der Waals surface area contributed by atoms with E-state index < -0.39 is 0 Å². The molecule has 0 aliphatic carbocycles. The average molecular weight is 345 g/mol. The zero-order valence-corrected chi connectivity index (χ0v) is 14.7. The number of carbonyl (C=O) groups excluding carboxylic acids is 2. The minimum atomic E-state index is -0.338. The zero-order chi connectivity index (χ0) is 17.2. The molecule has 0 aliphatic rings. The van der Waals surface area contributed by atoms with E-state index in [1.165, 1.54) is 17.8 Å². The number of thiazole rings is 1. The molecule has 1 heterocycles. The minimum absolute atomic E-state index is 0.173. The number of hydrogen-bond acceptors (Lipinski definition) is 4. The number of benzene rings is 1. The van der Waals surface area contributed by atoms with Gasteiger partial charge in [0.15, 0.2) is 5.13 Å². The Morgan fingerprint density at radius 1 is 1.08 bits per heavy atom. The summed E-state index contributed by atoms with van der Waals surface area (Å²) in [5, 5.41) is 7.85. The Labute approximate surface area is 146 Å². The maximum Gasteiger partial charge on any atom is 0.235 e. The van der Waals surface area contributed by atoms with Crippen LogP contribution in [-0.2, 0) is 9.59 Å². The molecule has 0 spiro atoms. The van der Waals surface area contributed by atoms with Crippen LogP contribution < -0.4 is 10.6 Å². The summed E-state index contributed by atoms with van der Waals surface area (Å²) in [6, 6.07) is 9.76. The molecular formula is C18H23N3O2S. The number of carbonyl (C=O) groups is 2. The fraction of sp³-hybridized carbons (Fsp3) is 0.389. The Morgan fingerprint density at radius 2 is 1.88 bits per heavy atom. The highest BCUT2D eigenvalue weighted by atomic mass is 32.1. The second-order valence-electron chi connectivity index (χ2n) is 5.54. The first-order valence-corrected chi connectivity index (χ1v) is 9.14. The molecule has 1 aromatic carbocycles. The van der Waals surface area contributed by atoms with E-state index in [4.69, 9.17) is 0 Å². The van der Waals surface area contributed by atoms with E-state index in [1.54, 1.807) is 0 Å². The molecule has 2 N–H and O–H groups in total. The van der Waals surface area contributed by atoms with Crippen LogP contribution in [0.2, 0.25) is 0 Å². The smallest absolute Gasteiger partial charge is 0.235 e. The lowest BCUT2D eigenvalue weighted by atomic mass is 10.2. The van der Waals surface area contributed by atoms with Crippen molar-refractivity contribution in [3.05, 3.63) is 35.7 Å². The highest BCUT2D eigenvalue weighted by Gasteiger charge is 2.11. The summed E-state index contributed by atoms with van der Waals surface area (Å²) in [5.41, 5.74) is 1.82. The molecule has 0 bridgehead atoms. The van der Waals surface area contributed by atoms with Gasteiger partial charge in [0.1, 0.15) is 6.42 Å². The van der Waals surface area contributed by atoms with Crippen molar-refractivity contribution in [3.63, 3.8) is 0 Å². The predicted octanol–water partition coefficient (Wildman–Crippen LogP) is 3.84. The van der Waals surface area contributed by atoms with Gasteiger partial charge in [0.2, 0.25) is 11.8 Å². The molecule has 128 valence electrons. The van der Waals surface area contributed by atoms with E-state index >= 15 is 0 Å². The van der Waals surface area contributed by atoms with Gasteiger partial charge in [-0.1, -0.05) is 56.5 Å². The third-order valence-electron chi connectivity index (χ3n) is 3.49. The van der Waals surface area contributed by atoms with Crippen molar-refractivity contribution >= 4 is 28.3 Å². The third kappa shape index (κ3) is 6.12. The number of aromatic nitrogens is 1. The molecule has 1 aromatic heterocycles. The van der Waals surface area contributed by atoms with Gasteiger partial charge in [0, 0.05) is 17.5 Å². The molecule has 2 amide bonds. The highest BCUT2D eigenvalue weighted by molar-refractivity contribution is 7.14. The lowest BCUT2D eigenvalue weighted by Crippen LogP contribution is -2.28. The SMILES string of the molecule is CCCCCCNC(=O)CC(=O)Nc1nc(-c2ccccc2)cs1. The van der Waals surface area contributed by atoms with Crippen molar-refractivity contribution in [2.24, 2.45) is 0 Å². The summed E-state index contributed by atoms with van der Waals surface area (Å²) in [4.78, 5) is 28.0. The number of anilines is 1. The zero-order valence-electron chi connectivity index (χ0n) is 13.9. The Hall–Kier alpha value is -2.21. The summed E-state index contributed by atoms with van der Waals surface area (Å²) >= 11 is 1.35. The highest BCUT2D eigenvalue weighted by Crippen LogP contribution is 2.24. The van der Waals surface area contributed by atoms with Gasteiger partial charge in [-0.2, -0.15) is 0 Å². The van der Waals surface area contributed by atoms with Gasteiger partial charge in [-0.15, -0.1) is 11.3 Å². The van der Waals surface area contributed by atoms with E-state index in [2.05, 4.69) is 22.5 Å². The molecule has 0 saturated carbocycles. The molecule has 2 aromatic rings. The molecule has 24 heavy (non-hydrogen) atoms. The first kappa shape index (κ1) is 18.1. The number of hydrogen-bond donors (Lipinski definition) is 2. The van der Waals surface area contributed by atoms with Gasteiger partial charge in [-0.3, -0.25) is 9.59 Å². The largest absolute Gasteiger partial charge is 0.356 e. The molecule has 0 saturated heterocycles. The van der Waals surface area contributed by atoms with Crippen molar-refractivity contribution < 1.29 is 9.59 Å². The van der Waals surface area contributed by atoms with Crippen LogP contribution in [0.3, 0.4) is 0 Å². The van der Waals surface area contributed by atoms with E-state index in [9.17, 15) is 9.59 Å². The van der Waals surface area contributed by atoms with Crippen LogP contribution in [-0.4, -0.2) is 23.3 Å². The van der Waals surface area contributed by atoms with Gasteiger partial charge in [0.25, 0.3) is 0 Å². The van der Waals surface area contributed by atoms with Crippen molar-refractivity contribution in [2.75, 3.05) is 11.9 Å². The summed E-state index contributed by atoms with van der Waals surface area (Å²) in [5.74, 6) is -0.584. The van der Waals surface area contributed by atoms with E-state index in [0.29, 0.717) is 11.7 Å². The van der Waals surface area contributed by atoms with Crippen molar-refractivity contribution in [2.45, 2.75) is 39.0 Å². The van der Waals surface area contributed by atoms with Gasteiger partial charge < -0.3 is 10.6 Å². The second kappa shape index (κ2) is 9.82. The third-order valence-corrected chi connectivity index (χ3v) is 4.25. The van der Waals surface area contributed by atoms with Crippen LogP contribution >= 0.6 is 11.3 Å². The van der Waals surface area contributed by atoms with Crippen molar-refractivity contribution in [1.29, 1.82) is 0 Å². The van der Waals surface area contributed by atoms with Gasteiger partial charge in [0.05, 0.1) is 5.69 Å². The van der Waals surface area contributed by atoms with E-state index in [-0.39, 0.29) is 18.2 Å². The summed E-state index contributed by atoms with van der Waals surface area (Å²) in [7, 11) is 0. The maximum absolute atomic E-state index is 11.9. The van der Waals surface area contributed by atoms with E-state index in [0.717, 1.165) is 30.5 Å². The normalized spacial score (nSPS) is 10.4. The van der Waals surface area contributed by atoms with Crippen LogP contribution in [0, 0.1) is 0 Å². The average Bonchev–Trinajstić information content (AvgIpc) is 3.03. The number of nitrogens with one attached hydrogen (secondary N) is 2. The Kier molecular flexibility index (Phi) is 7.42. The second-order valence-corrected chi connectivity index (χ2v) is 6.40. The van der Waals surface area contributed by atoms with Gasteiger partial charge >= 0.3 is 0 Å². The van der Waals surface area contributed by atoms with E-state index in [1.807, 2.05) is 35.7 Å².